The molecule has 1 aliphatic rings. The van der Waals surface area contributed by atoms with Crippen LogP contribution >= 0.6 is 0 Å². The zero-order chi connectivity index (χ0) is 8.27. The second kappa shape index (κ2) is 4.07. The predicted octanol–water partition coefficient (Wildman–Crippen LogP) is 1.55. The first-order valence-corrected chi connectivity index (χ1v) is 4.32. The molecule has 0 radical (unpaired) electrons. The Kier molecular flexibility index (Phi) is 3.34. The minimum Gasteiger partial charge on any atom is -0.384 e. The highest BCUT2D eigenvalue weighted by molar-refractivity contribution is 4.75. The lowest BCUT2D eigenvalue weighted by Gasteiger charge is -2.33. The Balaban J connectivity index is 2.41. The summed E-state index contributed by atoms with van der Waals surface area (Å²) in [5.74, 6) is 1.99. The van der Waals surface area contributed by atoms with Gasteiger partial charge in [0.05, 0.1) is 0 Å². The van der Waals surface area contributed by atoms with Gasteiger partial charge in [0.25, 0.3) is 0 Å². The summed E-state index contributed by atoms with van der Waals surface area (Å²) in [7, 11) is 1.77. The van der Waals surface area contributed by atoms with E-state index in [4.69, 9.17) is 9.47 Å². The third-order valence-electron chi connectivity index (χ3n) is 2.58. The molecular weight excluding hydrogens is 140 g/mol. The van der Waals surface area contributed by atoms with Gasteiger partial charge < -0.3 is 9.47 Å². The quantitative estimate of drug-likeness (QED) is 0.607. The minimum absolute atomic E-state index is 0.652. The number of hydrogen-bond acceptors (Lipinski definition) is 2. The van der Waals surface area contributed by atoms with E-state index in [0.717, 1.165) is 19.8 Å². The first-order chi connectivity index (χ1) is 5.25. The van der Waals surface area contributed by atoms with Crippen LogP contribution in [0, 0.1) is 17.8 Å². The van der Waals surface area contributed by atoms with Crippen LogP contribution in [0.1, 0.15) is 13.8 Å². The molecule has 0 aromatic rings. The molecule has 1 unspecified atom stereocenters. The summed E-state index contributed by atoms with van der Waals surface area (Å²) in [5, 5.41) is 0. The zero-order valence-electron chi connectivity index (χ0n) is 7.67. The van der Waals surface area contributed by atoms with Gasteiger partial charge in [-0.05, 0) is 17.8 Å². The second-order valence-electron chi connectivity index (χ2n) is 3.61. The van der Waals surface area contributed by atoms with Crippen molar-refractivity contribution >= 4 is 0 Å². The van der Waals surface area contributed by atoms with Crippen LogP contribution in [0.5, 0.6) is 0 Å². The standard InChI is InChI=1S/C9H18O2/c1-7-4-11-5-8(2)9(7)6-10-3/h7-9H,4-6H2,1-3H3/t7-,8+,9?. The second-order valence-corrected chi connectivity index (χ2v) is 3.61. The topological polar surface area (TPSA) is 18.5 Å². The van der Waals surface area contributed by atoms with Gasteiger partial charge in [0.2, 0.25) is 0 Å². The molecule has 1 heterocycles. The molecule has 0 aliphatic carbocycles. The maximum absolute atomic E-state index is 5.42. The van der Waals surface area contributed by atoms with Crippen LogP contribution < -0.4 is 0 Å². The Morgan fingerprint density at radius 3 is 2.27 bits per heavy atom. The number of ether oxygens (including phenoxy) is 2. The molecule has 11 heavy (non-hydrogen) atoms. The van der Waals surface area contributed by atoms with E-state index >= 15 is 0 Å². The summed E-state index contributed by atoms with van der Waals surface area (Å²) in [4.78, 5) is 0. The SMILES string of the molecule is COCC1[C@H](C)COC[C@@H]1C. The molecule has 0 aromatic heterocycles. The van der Waals surface area contributed by atoms with Crippen molar-refractivity contribution in [1.29, 1.82) is 0 Å². The fourth-order valence-electron chi connectivity index (χ4n) is 1.77. The lowest BCUT2D eigenvalue weighted by molar-refractivity contribution is -0.0420. The first kappa shape index (κ1) is 9.01. The maximum atomic E-state index is 5.42. The Bertz CT molecular complexity index is 104. The molecule has 0 saturated carbocycles. The van der Waals surface area contributed by atoms with Gasteiger partial charge in [-0.1, -0.05) is 13.8 Å². The van der Waals surface area contributed by atoms with Crippen LogP contribution in [0.15, 0.2) is 0 Å². The van der Waals surface area contributed by atoms with E-state index in [-0.39, 0.29) is 0 Å². The van der Waals surface area contributed by atoms with Gasteiger partial charge in [-0.3, -0.25) is 0 Å². The number of rotatable bonds is 2. The molecule has 0 N–H and O–H groups in total. The Morgan fingerprint density at radius 2 is 1.82 bits per heavy atom. The van der Waals surface area contributed by atoms with Crippen LogP contribution in [0.25, 0.3) is 0 Å². The van der Waals surface area contributed by atoms with Crippen LogP contribution in [-0.4, -0.2) is 26.9 Å². The van der Waals surface area contributed by atoms with Crippen molar-refractivity contribution in [2.45, 2.75) is 13.8 Å². The summed E-state index contributed by atoms with van der Waals surface area (Å²) in [6.07, 6.45) is 0. The van der Waals surface area contributed by atoms with Crippen molar-refractivity contribution in [3.8, 4) is 0 Å². The Morgan fingerprint density at radius 1 is 1.27 bits per heavy atom. The summed E-state index contributed by atoms with van der Waals surface area (Å²) in [6, 6.07) is 0. The number of hydrogen-bond donors (Lipinski definition) is 0. The lowest BCUT2D eigenvalue weighted by Crippen LogP contribution is -2.35. The molecule has 0 spiro atoms. The third kappa shape index (κ3) is 2.17. The maximum Gasteiger partial charge on any atom is 0.0497 e. The van der Waals surface area contributed by atoms with Gasteiger partial charge in [0.1, 0.15) is 0 Å². The van der Waals surface area contributed by atoms with Crippen molar-refractivity contribution in [2.24, 2.45) is 17.8 Å². The molecule has 3 atom stereocenters. The highest BCUT2D eigenvalue weighted by Crippen LogP contribution is 2.26. The smallest absolute Gasteiger partial charge is 0.0497 e. The van der Waals surface area contributed by atoms with Crippen molar-refractivity contribution in [1.82, 2.24) is 0 Å². The Hall–Kier alpha value is -0.0800. The van der Waals surface area contributed by atoms with Crippen LogP contribution in [0.3, 0.4) is 0 Å². The molecule has 0 amide bonds. The van der Waals surface area contributed by atoms with Crippen molar-refractivity contribution in [2.75, 3.05) is 26.9 Å². The predicted molar refractivity (Wildman–Crippen MR) is 44.5 cm³/mol. The molecule has 2 nitrogen and oxygen atoms in total. The molecule has 0 bridgehead atoms. The van der Waals surface area contributed by atoms with E-state index in [9.17, 15) is 0 Å². The Labute approximate surface area is 68.9 Å². The zero-order valence-corrected chi connectivity index (χ0v) is 7.67. The molecule has 1 rings (SSSR count). The highest BCUT2D eigenvalue weighted by Gasteiger charge is 2.27. The van der Waals surface area contributed by atoms with E-state index in [0.29, 0.717) is 17.8 Å². The molecule has 0 aromatic carbocycles. The molecule has 1 saturated heterocycles. The van der Waals surface area contributed by atoms with Crippen LogP contribution in [0.2, 0.25) is 0 Å². The van der Waals surface area contributed by atoms with Gasteiger partial charge in [0.15, 0.2) is 0 Å². The molecular formula is C9H18O2. The monoisotopic (exact) mass is 158 g/mol. The van der Waals surface area contributed by atoms with Crippen LogP contribution in [0.4, 0.5) is 0 Å². The van der Waals surface area contributed by atoms with E-state index in [1.807, 2.05) is 0 Å². The summed E-state index contributed by atoms with van der Waals surface area (Å²) < 4.78 is 10.6. The van der Waals surface area contributed by atoms with E-state index < -0.39 is 0 Å². The fourth-order valence-corrected chi connectivity index (χ4v) is 1.77. The average Bonchev–Trinajstić information content (AvgIpc) is 1.97. The number of methoxy groups -OCH3 is 1. The van der Waals surface area contributed by atoms with E-state index in [2.05, 4.69) is 13.8 Å². The minimum atomic E-state index is 0.652. The van der Waals surface area contributed by atoms with Gasteiger partial charge in [-0.25, -0.2) is 0 Å². The average molecular weight is 158 g/mol. The highest BCUT2D eigenvalue weighted by atomic mass is 16.5. The van der Waals surface area contributed by atoms with Crippen molar-refractivity contribution in [3.63, 3.8) is 0 Å². The summed E-state index contributed by atoms with van der Waals surface area (Å²) in [6.45, 7) is 7.15. The van der Waals surface area contributed by atoms with Gasteiger partial charge in [-0.15, -0.1) is 0 Å². The first-order valence-electron chi connectivity index (χ1n) is 4.32. The lowest BCUT2D eigenvalue weighted by atomic mass is 9.83. The van der Waals surface area contributed by atoms with Crippen molar-refractivity contribution in [3.05, 3.63) is 0 Å². The third-order valence-corrected chi connectivity index (χ3v) is 2.58. The van der Waals surface area contributed by atoms with Gasteiger partial charge in [0, 0.05) is 26.9 Å². The summed E-state index contributed by atoms with van der Waals surface area (Å²) >= 11 is 0. The van der Waals surface area contributed by atoms with E-state index in [1.165, 1.54) is 0 Å². The van der Waals surface area contributed by atoms with Gasteiger partial charge in [-0.2, -0.15) is 0 Å². The van der Waals surface area contributed by atoms with Crippen molar-refractivity contribution < 1.29 is 9.47 Å². The molecule has 2 heteroatoms. The van der Waals surface area contributed by atoms with Gasteiger partial charge >= 0.3 is 0 Å². The van der Waals surface area contributed by atoms with Crippen LogP contribution in [-0.2, 0) is 9.47 Å². The largest absolute Gasteiger partial charge is 0.384 e. The fraction of sp³-hybridized carbons (Fsp3) is 1.00. The summed E-state index contributed by atoms with van der Waals surface area (Å²) in [5.41, 5.74) is 0. The molecule has 1 fully saturated rings. The van der Waals surface area contributed by atoms with E-state index in [1.54, 1.807) is 7.11 Å². The normalized spacial score (nSPS) is 39.0. The molecule has 1 aliphatic heterocycles. The molecule has 66 valence electrons.